The predicted molar refractivity (Wildman–Crippen MR) is 67.2 cm³/mol. The SMILES string of the molecule is C[Si]1c2ccccc2C(=O)c2ccccc21. The normalized spacial score (nSPS) is 14.4. The average Bonchev–Trinajstić information content (AvgIpc) is 2.36. The summed E-state index contributed by atoms with van der Waals surface area (Å²) < 4.78 is 0. The van der Waals surface area contributed by atoms with Crippen LogP contribution in [0.5, 0.6) is 0 Å². The molecule has 1 radical (unpaired) electrons. The molecule has 0 aliphatic carbocycles. The molecular weight excluding hydrogens is 212 g/mol. The van der Waals surface area contributed by atoms with Crippen LogP contribution in [0.1, 0.15) is 15.9 Å². The van der Waals surface area contributed by atoms with Gasteiger partial charge in [-0.2, -0.15) is 0 Å². The quantitative estimate of drug-likeness (QED) is 0.618. The highest BCUT2D eigenvalue weighted by molar-refractivity contribution is 6.87. The Morgan fingerprint density at radius 1 is 0.812 bits per heavy atom. The molecule has 1 nitrogen and oxygen atoms in total. The van der Waals surface area contributed by atoms with E-state index in [4.69, 9.17) is 0 Å². The summed E-state index contributed by atoms with van der Waals surface area (Å²) in [6.45, 7) is 2.26. The Kier molecular flexibility index (Phi) is 2.04. The zero-order valence-electron chi connectivity index (χ0n) is 9.03. The Bertz CT molecular complexity index is 525. The molecule has 0 N–H and O–H groups in total. The molecule has 1 heterocycles. The Hall–Kier alpha value is -1.67. The van der Waals surface area contributed by atoms with Crippen molar-refractivity contribution < 1.29 is 4.79 Å². The maximum absolute atomic E-state index is 12.3. The smallest absolute Gasteiger partial charge is 0.192 e. The van der Waals surface area contributed by atoms with Crippen LogP contribution in [0.25, 0.3) is 0 Å². The van der Waals surface area contributed by atoms with Gasteiger partial charge in [0.1, 0.15) is 8.80 Å². The molecule has 0 saturated heterocycles. The van der Waals surface area contributed by atoms with Crippen LogP contribution in [0.3, 0.4) is 0 Å². The largest absolute Gasteiger partial charge is 0.289 e. The lowest BCUT2D eigenvalue weighted by Crippen LogP contribution is -2.48. The van der Waals surface area contributed by atoms with Gasteiger partial charge in [0.05, 0.1) is 0 Å². The van der Waals surface area contributed by atoms with E-state index in [1.165, 1.54) is 10.4 Å². The number of benzene rings is 2. The molecule has 0 bridgehead atoms. The fourth-order valence-corrected chi connectivity index (χ4v) is 4.49. The van der Waals surface area contributed by atoms with Crippen molar-refractivity contribution in [1.82, 2.24) is 0 Å². The summed E-state index contributed by atoms with van der Waals surface area (Å²) >= 11 is 0. The van der Waals surface area contributed by atoms with Crippen molar-refractivity contribution in [3.8, 4) is 0 Å². The first-order chi connectivity index (χ1) is 7.79. The van der Waals surface area contributed by atoms with E-state index in [1.54, 1.807) is 0 Å². The summed E-state index contributed by atoms with van der Waals surface area (Å²) in [5, 5.41) is 2.49. The highest BCUT2D eigenvalue weighted by atomic mass is 28.3. The predicted octanol–water partition coefficient (Wildman–Crippen LogP) is 1.47. The van der Waals surface area contributed by atoms with Crippen LogP contribution in [0, 0.1) is 0 Å². The second-order valence-electron chi connectivity index (χ2n) is 4.05. The minimum Gasteiger partial charge on any atom is -0.289 e. The molecule has 1 aliphatic rings. The number of hydrogen-bond acceptors (Lipinski definition) is 1. The lowest BCUT2D eigenvalue weighted by molar-refractivity contribution is 0.104. The van der Waals surface area contributed by atoms with E-state index in [2.05, 4.69) is 18.7 Å². The molecule has 77 valence electrons. The summed E-state index contributed by atoms with van der Waals surface area (Å²) in [5.41, 5.74) is 1.80. The summed E-state index contributed by atoms with van der Waals surface area (Å²) in [7, 11) is -0.760. The second kappa shape index (κ2) is 3.42. The molecule has 1 aliphatic heterocycles. The number of hydrogen-bond donors (Lipinski definition) is 0. The molecule has 2 aromatic rings. The first-order valence-corrected chi connectivity index (χ1v) is 7.36. The van der Waals surface area contributed by atoms with Crippen molar-refractivity contribution in [2.24, 2.45) is 0 Å². The number of ketones is 1. The van der Waals surface area contributed by atoms with Crippen molar-refractivity contribution >= 4 is 25.0 Å². The van der Waals surface area contributed by atoms with Crippen molar-refractivity contribution in [2.45, 2.75) is 6.55 Å². The maximum Gasteiger partial charge on any atom is 0.192 e. The first-order valence-electron chi connectivity index (χ1n) is 5.36. The molecule has 0 saturated carbocycles. The van der Waals surface area contributed by atoms with Crippen molar-refractivity contribution in [3.63, 3.8) is 0 Å². The number of rotatable bonds is 0. The minimum atomic E-state index is -0.760. The number of carbonyl (C=O) groups is 1. The second-order valence-corrected chi connectivity index (χ2v) is 6.37. The monoisotopic (exact) mass is 223 g/mol. The lowest BCUT2D eigenvalue weighted by atomic mass is 10.0. The molecule has 0 fully saturated rings. The van der Waals surface area contributed by atoms with Gasteiger partial charge in [-0.3, -0.25) is 4.79 Å². The van der Waals surface area contributed by atoms with E-state index in [0.29, 0.717) is 0 Å². The standard InChI is InChI=1S/C14H11OSi/c1-16-12-8-4-2-6-10(12)14(15)11-7-3-5-9-13(11)16/h2-9H,1H3. The third kappa shape index (κ3) is 1.20. The van der Waals surface area contributed by atoms with E-state index in [1.807, 2.05) is 36.4 Å². The van der Waals surface area contributed by atoms with Gasteiger partial charge in [0.25, 0.3) is 0 Å². The molecule has 3 rings (SSSR count). The fourth-order valence-electron chi connectivity index (χ4n) is 2.31. The minimum absolute atomic E-state index is 0.182. The van der Waals surface area contributed by atoms with Gasteiger partial charge in [-0.05, 0) is 10.4 Å². The van der Waals surface area contributed by atoms with Gasteiger partial charge in [0.2, 0.25) is 0 Å². The van der Waals surface area contributed by atoms with Crippen molar-refractivity contribution in [1.29, 1.82) is 0 Å². The average molecular weight is 223 g/mol. The van der Waals surface area contributed by atoms with E-state index in [9.17, 15) is 4.79 Å². The van der Waals surface area contributed by atoms with Crippen LogP contribution in [-0.4, -0.2) is 14.6 Å². The topological polar surface area (TPSA) is 17.1 Å². The molecule has 0 unspecified atom stereocenters. The number of carbonyl (C=O) groups excluding carboxylic acids is 1. The molecule has 0 spiro atoms. The zero-order valence-corrected chi connectivity index (χ0v) is 10.0. The van der Waals surface area contributed by atoms with Crippen LogP contribution in [0.2, 0.25) is 6.55 Å². The van der Waals surface area contributed by atoms with Crippen LogP contribution in [-0.2, 0) is 0 Å². The van der Waals surface area contributed by atoms with Crippen LogP contribution in [0.4, 0.5) is 0 Å². The zero-order chi connectivity index (χ0) is 11.1. The summed E-state index contributed by atoms with van der Waals surface area (Å²) in [6, 6.07) is 16.0. The lowest BCUT2D eigenvalue weighted by Gasteiger charge is -2.22. The van der Waals surface area contributed by atoms with Gasteiger partial charge in [-0.25, -0.2) is 0 Å². The van der Waals surface area contributed by atoms with Gasteiger partial charge in [0, 0.05) is 11.1 Å². The molecule has 2 aromatic carbocycles. The summed E-state index contributed by atoms with van der Waals surface area (Å²) in [4.78, 5) is 12.3. The van der Waals surface area contributed by atoms with Crippen LogP contribution in [0.15, 0.2) is 48.5 Å². The van der Waals surface area contributed by atoms with Crippen molar-refractivity contribution in [2.75, 3.05) is 0 Å². The van der Waals surface area contributed by atoms with Gasteiger partial charge >= 0.3 is 0 Å². The molecule has 16 heavy (non-hydrogen) atoms. The number of fused-ring (bicyclic) bond motifs is 2. The fraction of sp³-hybridized carbons (Fsp3) is 0.0714. The Morgan fingerprint density at radius 2 is 1.25 bits per heavy atom. The highest BCUT2D eigenvalue weighted by Gasteiger charge is 2.28. The van der Waals surface area contributed by atoms with Gasteiger partial charge in [-0.15, -0.1) is 0 Å². The summed E-state index contributed by atoms with van der Waals surface area (Å²) in [6.07, 6.45) is 0. The Balaban J connectivity index is 2.30. The van der Waals surface area contributed by atoms with Gasteiger partial charge in [0.15, 0.2) is 5.78 Å². The third-order valence-electron chi connectivity index (χ3n) is 3.15. The Labute approximate surface area is 96.4 Å². The highest BCUT2D eigenvalue weighted by Crippen LogP contribution is 2.13. The Morgan fingerprint density at radius 3 is 1.75 bits per heavy atom. The summed E-state index contributed by atoms with van der Waals surface area (Å²) in [5.74, 6) is 0.182. The first kappa shape index (κ1) is 9.55. The molecule has 2 heteroatoms. The third-order valence-corrected chi connectivity index (χ3v) is 5.64. The van der Waals surface area contributed by atoms with Crippen molar-refractivity contribution in [3.05, 3.63) is 59.7 Å². The van der Waals surface area contributed by atoms with E-state index in [0.717, 1.165) is 11.1 Å². The molecule has 0 atom stereocenters. The molecule has 0 amide bonds. The van der Waals surface area contributed by atoms with Gasteiger partial charge < -0.3 is 0 Å². The molecule has 0 aromatic heterocycles. The molecular formula is C14H11OSi. The van der Waals surface area contributed by atoms with Crippen LogP contribution < -0.4 is 10.4 Å². The van der Waals surface area contributed by atoms with Crippen LogP contribution >= 0.6 is 0 Å². The van der Waals surface area contributed by atoms with E-state index >= 15 is 0 Å². The van der Waals surface area contributed by atoms with E-state index < -0.39 is 8.80 Å². The maximum atomic E-state index is 12.3. The van der Waals surface area contributed by atoms with E-state index in [-0.39, 0.29) is 5.78 Å². The van der Waals surface area contributed by atoms with Gasteiger partial charge in [-0.1, -0.05) is 55.1 Å².